The molecule has 0 amide bonds. The minimum Gasteiger partial charge on any atom is -0.398 e. The van der Waals surface area contributed by atoms with E-state index in [1.807, 2.05) is 6.07 Å². The predicted octanol–water partition coefficient (Wildman–Crippen LogP) is 6.31. The van der Waals surface area contributed by atoms with Crippen LogP contribution in [0.1, 0.15) is 0 Å². The van der Waals surface area contributed by atoms with Gasteiger partial charge in [0.15, 0.2) is 0 Å². The van der Waals surface area contributed by atoms with Gasteiger partial charge >= 0.3 is 0 Å². The molecule has 4 heteroatoms. The molecule has 26 heavy (non-hydrogen) atoms. The Morgan fingerprint density at radius 2 is 1.27 bits per heavy atom. The van der Waals surface area contributed by atoms with Crippen LogP contribution in [0.5, 0.6) is 0 Å². The third kappa shape index (κ3) is 3.09. The summed E-state index contributed by atoms with van der Waals surface area (Å²) >= 11 is 5.70. The van der Waals surface area contributed by atoms with Crippen molar-refractivity contribution in [3.05, 3.63) is 72.8 Å². The average molecular weight is 376 g/mol. The normalized spacial score (nSPS) is 11.8. The molecule has 4 aromatic carbocycles. The van der Waals surface area contributed by atoms with Crippen molar-refractivity contribution >= 4 is 50.9 Å². The van der Waals surface area contributed by atoms with Gasteiger partial charge in [0.25, 0.3) is 0 Å². The molecule has 0 bridgehead atoms. The SMILES string of the molecule is CP(C)(=S)Nc1ccc2ccccc2c1-c1c(N)ccc2ccccc12. The number of nitrogens with one attached hydrogen (secondary N) is 1. The second-order valence-electron chi connectivity index (χ2n) is 6.92. The van der Waals surface area contributed by atoms with E-state index < -0.39 is 6.19 Å². The maximum Gasteiger partial charge on any atom is 0.0464 e. The fourth-order valence-corrected chi connectivity index (χ4v) is 4.55. The van der Waals surface area contributed by atoms with Gasteiger partial charge in [-0.1, -0.05) is 72.5 Å². The first-order valence-corrected chi connectivity index (χ1v) is 12.3. The monoisotopic (exact) mass is 376 g/mol. The van der Waals surface area contributed by atoms with Crippen LogP contribution >= 0.6 is 6.19 Å². The predicted molar refractivity (Wildman–Crippen MR) is 121 cm³/mol. The molecular formula is C22H21N2PS. The Kier molecular flexibility index (Phi) is 4.22. The molecule has 4 rings (SSSR count). The summed E-state index contributed by atoms with van der Waals surface area (Å²) in [6.07, 6.45) is -1.65. The van der Waals surface area contributed by atoms with Crippen molar-refractivity contribution in [1.82, 2.24) is 0 Å². The summed E-state index contributed by atoms with van der Waals surface area (Å²) in [7, 11) is 0. The zero-order valence-corrected chi connectivity index (χ0v) is 16.6. The molecule has 130 valence electrons. The first kappa shape index (κ1) is 17.1. The molecule has 0 heterocycles. The summed E-state index contributed by atoms with van der Waals surface area (Å²) in [5.41, 5.74) is 10.5. The summed E-state index contributed by atoms with van der Waals surface area (Å²) in [5, 5.41) is 8.33. The Labute approximate surface area is 159 Å². The van der Waals surface area contributed by atoms with Crippen LogP contribution in [0.15, 0.2) is 72.8 Å². The highest BCUT2D eigenvalue weighted by Crippen LogP contribution is 2.46. The molecule has 4 aromatic rings. The molecule has 0 spiro atoms. The van der Waals surface area contributed by atoms with Crippen LogP contribution in [0.25, 0.3) is 32.7 Å². The number of rotatable bonds is 3. The Morgan fingerprint density at radius 3 is 1.88 bits per heavy atom. The number of hydrogen-bond acceptors (Lipinski definition) is 2. The van der Waals surface area contributed by atoms with Gasteiger partial charge in [0, 0.05) is 28.7 Å². The summed E-state index contributed by atoms with van der Waals surface area (Å²) < 4.78 is 0. The molecule has 0 atom stereocenters. The Balaban J connectivity index is 2.15. The lowest BCUT2D eigenvalue weighted by Crippen LogP contribution is -1.99. The molecule has 0 fully saturated rings. The summed E-state index contributed by atoms with van der Waals surface area (Å²) in [5.74, 6) is 0. The molecular weight excluding hydrogens is 355 g/mol. The van der Waals surface area contributed by atoms with E-state index in [2.05, 4.69) is 85.1 Å². The largest absolute Gasteiger partial charge is 0.398 e. The van der Waals surface area contributed by atoms with E-state index in [4.69, 9.17) is 17.5 Å². The van der Waals surface area contributed by atoms with Gasteiger partial charge in [0.1, 0.15) is 0 Å². The minimum atomic E-state index is -1.65. The second kappa shape index (κ2) is 6.42. The first-order chi connectivity index (χ1) is 12.4. The third-order valence-electron chi connectivity index (χ3n) is 4.53. The van der Waals surface area contributed by atoms with Crippen molar-refractivity contribution in [2.24, 2.45) is 0 Å². The minimum absolute atomic E-state index is 0.781. The van der Waals surface area contributed by atoms with Gasteiger partial charge < -0.3 is 10.8 Å². The van der Waals surface area contributed by atoms with Gasteiger partial charge in [0.2, 0.25) is 0 Å². The topological polar surface area (TPSA) is 38.0 Å². The van der Waals surface area contributed by atoms with Gasteiger partial charge in [0.05, 0.1) is 0 Å². The van der Waals surface area contributed by atoms with Gasteiger partial charge in [-0.2, -0.15) is 0 Å². The van der Waals surface area contributed by atoms with E-state index in [1.54, 1.807) is 0 Å². The number of fused-ring (bicyclic) bond motifs is 2. The van der Waals surface area contributed by atoms with Gasteiger partial charge in [-0.15, -0.1) is 0 Å². The zero-order valence-electron chi connectivity index (χ0n) is 14.9. The van der Waals surface area contributed by atoms with Crippen LogP contribution in [0.3, 0.4) is 0 Å². The van der Waals surface area contributed by atoms with Gasteiger partial charge in [-0.3, -0.25) is 0 Å². The van der Waals surface area contributed by atoms with E-state index >= 15 is 0 Å². The number of hydrogen-bond donors (Lipinski definition) is 2. The highest BCUT2D eigenvalue weighted by molar-refractivity contribution is 8.14. The van der Waals surface area contributed by atoms with Crippen LogP contribution in [0.2, 0.25) is 0 Å². The summed E-state index contributed by atoms with van der Waals surface area (Å²) in [6.45, 7) is 4.21. The van der Waals surface area contributed by atoms with Crippen LogP contribution in [0, 0.1) is 0 Å². The van der Waals surface area contributed by atoms with E-state index in [1.165, 1.54) is 16.2 Å². The molecule has 0 aliphatic heterocycles. The maximum atomic E-state index is 6.50. The molecule has 0 saturated heterocycles. The number of benzene rings is 4. The molecule has 2 nitrogen and oxygen atoms in total. The number of anilines is 2. The molecule has 0 aromatic heterocycles. The van der Waals surface area contributed by atoms with Crippen molar-refractivity contribution < 1.29 is 0 Å². The zero-order chi connectivity index (χ0) is 18.3. The van der Waals surface area contributed by atoms with Crippen molar-refractivity contribution in [2.45, 2.75) is 0 Å². The van der Waals surface area contributed by atoms with E-state index in [9.17, 15) is 0 Å². The fourth-order valence-electron chi connectivity index (χ4n) is 3.49. The maximum absolute atomic E-state index is 6.50. The lowest BCUT2D eigenvalue weighted by Gasteiger charge is -2.21. The summed E-state index contributed by atoms with van der Waals surface area (Å²) in [6, 6.07) is 25.2. The lowest BCUT2D eigenvalue weighted by molar-refractivity contribution is 1.65. The molecule has 3 N–H and O–H groups in total. The van der Waals surface area contributed by atoms with Gasteiger partial charge in [-0.25, -0.2) is 0 Å². The van der Waals surface area contributed by atoms with E-state index in [-0.39, 0.29) is 0 Å². The fraction of sp³-hybridized carbons (Fsp3) is 0.0909. The molecule has 0 radical (unpaired) electrons. The first-order valence-electron chi connectivity index (χ1n) is 8.57. The second-order valence-corrected chi connectivity index (χ2v) is 12.6. The highest BCUT2D eigenvalue weighted by Gasteiger charge is 2.17. The standard InChI is InChI=1S/C22H21N2PS/c1-25(2,26)24-20-14-12-16-8-4-6-10-18(16)22(20)21-17-9-5-3-7-15(17)11-13-19(21)23/h3-14H,23H2,1-2H3,(H,24,26). The van der Waals surface area contributed by atoms with Crippen LogP contribution in [0.4, 0.5) is 11.4 Å². The quantitative estimate of drug-likeness (QED) is 0.325. The van der Waals surface area contributed by atoms with Crippen LogP contribution in [-0.2, 0) is 11.8 Å². The van der Waals surface area contributed by atoms with Crippen LogP contribution < -0.4 is 10.8 Å². The van der Waals surface area contributed by atoms with Crippen LogP contribution in [-0.4, -0.2) is 13.3 Å². The van der Waals surface area contributed by atoms with E-state index in [0.29, 0.717) is 0 Å². The molecule has 0 saturated carbocycles. The van der Waals surface area contributed by atoms with Crippen molar-refractivity contribution in [2.75, 3.05) is 24.2 Å². The smallest absolute Gasteiger partial charge is 0.0464 e. The van der Waals surface area contributed by atoms with Crippen molar-refractivity contribution in [1.29, 1.82) is 0 Å². The third-order valence-corrected chi connectivity index (χ3v) is 5.58. The number of nitrogens with two attached hydrogens (primary N) is 1. The molecule has 0 aliphatic rings. The highest BCUT2D eigenvalue weighted by atomic mass is 32.4. The average Bonchev–Trinajstić information content (AvgIpc) is 2.61. The Hall–Kier alpha value is -2.35. The van der Waals surface area contributed by atoms with E-state index in [0.717, 1.165) is 27.9 Å². The van der Waals surface area contributed by atoms with Crippen molar-refractivity contribution in [3.8, 4) is 11.1 Å². The Bertz CT molecular complexity index is 1180. The van der Waals surface area contributed by atoms with Gasteiger partial charge in [-0.05, 0) is 47.0 Å². The van der Waals surface area contributed by atoms with Crippen molar-refractivity contribution in [3.63, 3.8) is 0 Å². The summed E-state index contributed by atoms with van der Waals surface area (Å²) in [4.78, 5) is 0. The molecule has 0 aliphatic carbocycles. The lowest BCUT2D eigenvalue weighted by atomic mass is 9.91. The molecule has 0 unspecified atom stereocenters. The number of nitrogen functional groups attached to an aromatic ring is 1. The Morgan fingerprint density at radius 1 is 0.731 bits per heavy atom.